The lowest BCUT2D eigenvalue weighted by atomic mass is 10.1. The van der Waals surface area contributed by atoms with E-state index in [-0.39, 0.29) is 0 Å². The molecule has 1 aromatic heterocycles. The molecule has 3 heteroatoms. The number of nitriles is 1. The Labute approximate surface area is 81.7 Å². The third kappa shape index (κ3) is 1.59. The summed E-state index contributed by atoms with van der Waals surface area (Å²) in [5.74, 6) is 0. The van der Waals surface area contributed by atoms with E-state index in [0.29, 0.717) is 5.56 Å². The van der Waals surface area contributed by atoms with Crippen molar-refractivity contribution in [2.24, 2.45) is 0 Å². The highest BCUT2D eigenvalue weighted by molar-refractivity contribution is 5.59. The van der Waals surface area contributed by atoms with Gasteiger partial charge in [0, 0.05) is 5.56 Å². The van der Waals surface area contributed by atoms with Crippen LogP contribution in [0.2, 0.25) is 0 Å². The normalized spacial score (nSPS) is 9.36. The SMILES string of the molecule is N#Cc1ccc(-c2c[c]ncn2)cc1. The smallest absolute Gasteiger partial charge is 0.116 e. The summed E-state index contributed by atoms with van der Waals surface area (Å²) in [5.41, 5.74) is 2.42. The Balaban J connectivity index is 2.40. The molecule has 2 aromatic rings. The number of aromatic nitrogens is 2. The lowest BCUT2D eigenvalue weighted by molar-refractivity contribution is 1.16. The van der Waals surface area contributed by atoms with Gasteiger partial charge in [0.2, 0.25) is 0 Å². The van der Waals surface area contributed by atoms with Crippen LogP contribution in [0.25, 0.3) is 11.3 Å². The van der Waals surface area contributed by atoms with Gasteiger partial charge in [-0.3, -0.25) is 0 Å². The van der Waals surface area contributed by atoms with Gasteiger partial charge in [0.1, 0.15) is 6.33 Å². The van der Waals surface area contributed by atoms with Gasteiger partial charge in [0.15, 0.2) is 0 Å². The van der Waals surface area contributed by atoms with Crippen molar-refractivity contribution in [2.45, 2.75) is 0 Å². The van der Waals surface area contributed by atoms with Gasteiger partial charge in [-0.1, -0.05) is 12.1 Å². The molecule has 3 nitrogen and oxygen atoms in total. The van der Waals surface area contributed by atoms with Gasteiger partial charge in [0.05, 0.1) is 23.5 Å². The molecule has 0 amide bonds. The Morgan fingerprint density at radius 3 is 2.57 bits per heavy atom. The summed E-state index contributed by atoms with van der Waals surface area (Å²) in [6.07, 6.45) is 4.16. The highest BCUT2D eigenvalue weighted by atomic mass is 14.8. The molecule has 1 aromatic carbocycles. The van der Waals surface area contributed by atoms with Gasteiger partial charge >= 0.3 is 0 Å². The van der Waals surface area contributed by atoms with Crippen LogP contribution in [-0.2, 0) is 0 Å². The van der Waals surface area contributed by atoms with E-state index in [1.807, 2.05) is 12.1 Å². The van der Waals surface area contributed by atoms with Gasteiger partial charge in [-0.05, 0) is 18.2 Å². The summed E-state index contributed by atoms with van der Waals surface area (Å²) in [4.78, 5) is 7.80. The van der Waals surface area contributed by atoms with Crippen LogP contribution >= 0.6 is 0 Å². The molecule has 0 N–H and O–H groups in total. The Morgan fingerprint density at radius 2 is 2.00 bits per heavy atom. The minimum Gasteiger partial charge on any atom is -0.236 e. The molecule has 14 heavy (non-hydrogen) atoms. The van der Waals surface area contributed by atoms with E-state index in [4.69, 9.17) is 5.26 Å². The average molecular weight is 180 g/mol. The fourth-order valence-corrected chi connectivity index (χ4v) is 1.13. The molecular formula is C11H6N3. The van der Waals surface area contributed by atoms with E-state index < -0.39 is 0 Å². The van der Waals surface area contributed by atoms with E-state index in [1.165, 1.54) is 6.33 Å². The van der Waals surface area contributed by atoms with Crippen molar-refractivity contribution in [3.63, 3.8) is 0 Å². The molecular weight excluding hydrogens is 174 g/mol. The monoisotopic (exact) mass is 180 g/mol. The van der Waals surface area contributed by atoms with Crippen molar-refractivity contribution in [1.82, 2.24) is 9.97 Å². The minimum absolute atomic E-state index is 0.645. The lowest BCUT2D eigenvalue weighted by Crippen LogP contribution is -1.84. The minimum atomic E-state index is 0.645. The molecule has 0 atom stereocenters. The quantitative estimate of drug-likeness (QED) is 0.672. The predicted molar refractivity (Wildman–Crippen MR) is 51.0 cm³/mol. The van der Waals surface area contributed by atoms with Crippen molar-refractivity contribution in [2.75, 3.05) is 0 Å². The summed E-state index contributed by atoms with van der Waals surface area (Å²) in [6.45, 7) is 0. The molecule has 0 spiro atoms. The summed E-state index contributed by atoms with van der Waals surface area (Å²) in [7, 11) is 0. The molecule has 0 aliphatic carbocycles. The zero-order chi connectivity index (χ0) is 9.80. The predicted octanol–water partition coefficient (Wildman–Crippen LogP) is 1.82. The molecule has 0 aliphatic rings. The van der Waals surface area contributed by atoms with E-state index in [0.717, 1.165) is 11.3 Å². The Kier molecular flexibility index (Phi) is 2.20. The third-order valence-electron chi connectivity index (χ3n) is 1.84. The van der Waals surface area contributed by atoms with Gasteiger partial charge < -0.3 is 0 Å². The van der Waals surface area contributed by atoms with Gasteiger partial charge in [0.25, 0.3) is 0 Å². The zero-order valence-corrected chi connectivity index (χ0v) is 7.31. The molecule has 1 radical (unpaired) electrons. The topological polar surface area (TPSA) is 49.6 Å². The molecule has 65 valence electrons. The van der Waals surface area contributed by atoms with Crippen LogP contribution in [0.1, 0.15) is 5.56 Å². The van der Waals surface area contributed by atoms with E-state index in [9.17, 15) is 0 Å². The maximum atomic E-state index is 8.62. The van der Waals surface area contributed by atoms with Crippen molar-refractivity contribution < 1.29 is 0 Å². The highest BCUT2D eigenvalue weighted by Crippen LogP contribution is 2.15. The van der Waals surface area contributed by atoms with Crippen LogP contribution in [0.3, 0.4) is 0 Å². The van der Waals surface area contributed by atoms with Crippen molar-refractivity contribution >= 4 is 0 Å². The van der Waals surface area contributed by atoms with Gasteiger partial charge in [-0.25, -0.2) is 9.97 Å². The summed E-state index contributed by atoms with van der Waals surface area (Å²) >= 11 is 0. The van der Waals surface area contributed by atoms with Crippen LogP contribution in [0.5, 0.6) is 0 Å². The molecule has 0 aliphatic heterocycles. The van der Waals surface area contributed by atoms with Crippen molar-refractivity contribution in [3.8, 4) is 17.3 Å². The summed E-state index contributed by atoms with van der Waals surface area (Å²) < 4.78 is 0. The molecule has 2 rings (SSSR count). The number of benzene rings is 1. The van der Waals surface area contributed by atoms with Crippen LogP contribution in [0, 0.1) is 17.5 Å². The van der Waals surface area contributed by atoms with Crippen LogP contribution in [0.15, 0.2) is 36.7 Å². The van der Waals surface area contributed by atoms with Gasteiger partial charge in [-0.15, -0.1) is 0 Å². The third-order valence-corrected chi connectivity index (χ3v) is 1.84. The lowest BCUT2D eigenvalue weighted by Gasteiger charge is -1.98. The first-order valence-electron chi connectivity index (χ1n) is 4.09. The van der Waals surface area contributed by atoms with Crippen LogP contribution in [-0.4, -0.2) is 9.97 Å². The van der Waals surface area contributed by atoms with E-state index in [1.54, 1.807) is 18.2 Å². The molecule has 0 bridgehead atoms. The standard InChI is InChI=1S/C11H6N3/c12-7-9-1-3-10(4-2-9)11-5-6-13-8-14-11/h1-5,8H. The molecule has 1 heterocycles. The van der Waals surface area contributed by atoms with Crippen LogP contribution in [0.4, 0.5) is 0 Å². The van der Waals surface area contributed by atoms with Gasteiger partial charge in [-0.2, -0.15) is 5.26 Å². The summed E-state index contributed by atoms with van der Waals surface area (Å²) in [5, 5.41) is 8.62. The summed E-state index contributed by atoms with van der Waals surface area (Å²) in [6, 6.07) is 11.0. The number of rotatable bonds is 1. The Bertz CT molecular complexity index is 454. The van der Waals surface area contributed by atoms with Crippen molar-refractivity contribution in [3.05, 3.63) is 48.4 Å². The number of hydrogen-bond donors (Lipinski definition) is 0. The number of nitrogens with zero attached hydrogens (tertiary/aromatic N) is 3. The number of hydrogen-bond acceptors (Lipinski definition) is 3. The molecule has 0 fully saturated rings. The fraction of sp³-hybridized carbons (Fsp3) is 0. The van der Waals surface area contributed by atoms with E-state index >= 15 is 0 Å². The Morgan fingerprint density at radius 1 is 1.21 bits per heavy atom. The molecule has 0 saturated carbocycles. The first kappa shape index (κ1) is 8.39. The van der Waals surface area contributed by atoms with E-state index in [2.05, 4.69) is 22.2 Å². The average Bonchev–Trinajstić information content (AvgIpc) is 2.30. The first-order chi connectivity index (χ1) is 6.90. The fourth-order valence-electron chi connectivity index (χ4n) is 1.13. The maximum absolute atomic E-state index is 8.62. The first-order valence-corrected chi connectivity index (χ1v) is 4.09. The molecule has 0 unspecified atom stereocenters. The largest absolute Gasteiger partial charge is 0.236 e. The van der Waals surface area contributed by atoms with Crippen LogP contribution < -0.4 is 0 Å². The second kappa shape index (κ2) is 3.67. The molecule has 0 saturated heterocycles. The zero-order valence-electron chi connectivity index (χ0n) is 7.31. The second-order valence-corrected chi connectivity index (χ2v) is 2.72. The highest BCUT2D eigenvalue weighted by Gasteiger charge is 1.97. The second-order valence-electron chi connectivity index (χ2n) is 2.72. The Hall–Kier alpha value is -2.21. The van der Waals surface area contributed by atoms with Crippen molar-refractivity contribution in [1.29, 1.82) is 5.26 Å². The maximum Gasteiger partial charge on any atom is 0.116 e.